The van der Waals surface area contributed by atoms with E-state index in [-0.39, 0.29) is 5.85 Å². The molecule has 0 saturated carbocycles. The van der Waals surface area contributed by atoms with Gasteiger partial charge in [0.2, 0.25) is 0 Å². The molecule has 0 bridgehead atoms. The molecule has 0 aromatic heterocycles. The standard InChI is InChI=1S/C17H38OP/c1-5-7-8-9-10-11-12-13-14-15-16-19(3,4)17(18)6-2/h17-18H,5-16H2,1-4H3/q+1. The summed E-state index contributed by atoms with van der Waals surface area (Å²) in [5.74, 6) is -0.0222. The Balaban J connectivity index is 3.31. The van der Waals surface area contributed by atoms with Crippen LogP contribution in [-0.4, -0.2) is 30.4 Å². The van der Waals surface area contributed by atoms with Gasteiger partial charge in [0.05, 0.1) is 19.5 Å². The van der Waals surface area contributed by atoms with E-state index in [2.05, 4.69) is 27.2 Å². The molecule has 0 aromatic rings. The molecule has 0 spiro atoms. The average Bonchev–Trinajstić information content (AvgIpc) is 2.39. The van der Waals surface area contributed by atoms with Crippen molar-refractivity contribution < 1.29 is 5.11 Å². The number of hydrogen-bond acceptors (Lipinski definition) is 1. The van der Waals surface area contributed by atoms with Crippen molar-refractivity contribution in [2.45, 2.75) is 90.3 Å². The molecule has 0 aliphatic rings. The summed E-state index contributed by atoms with van der Waals surface area (Å²) in [4.78, 5) is 0. The van der Waals surface area contributed by atoms with E-state index in [9.17, 15) is 5.11 Å². The molecule has 0 aliphatic carbocycles. The van der Waals surface area contributed by atoms with Crippen molar-refractivity contribution in [1.29, 1.82) is 0 Å². The Hall–Kier alpha value is 0.390. The van der Waals surface area contributed by atoms with Crippen LogP contribution in [0.25, 0.3) is 0 Å². The first kappa shape index (κ1) is 19.4. The normalized spacial score (nSPS) is 13.7. The summed E-state index contributed by atoms with van der Waals surface area (Å²) in [6.07, 6.45) is 16.2. The summed E-state index contributed by atoms with van der Waals surface area (Å²) in [6.45, 7) is 9.01. The van der Waals surface area contributed by atoms with Crippen LogP contribution in [0.2, 0.25) is 0 Å². The van der Waals surface area contributed by atoms with Gasteiger partial charge in [0, 0.05) is 13.7 Å². The van der Waals surface area contributed by atoms with Gasteiger partial charge in [0.1, 0.15) is 0 Å². The van der Waals surface area contributed by atoms with Gasteiger partial charge in [0.15, 0.2) is 5.85 Å². The van der Waals surface area contributed by atoms with Crippen LogP contribution >= 0.6 is 7.26 Å². The first-order valence-electron chi connectivity index (χ1n) is 8.55. The summed E-state index contributed by atoms with van der Waals surface area (Å²) >= 11 is 0. The van der Waals surface area contributed by atoms with Crippen LogP contribution in [0.3, 0.4) is 0 Å². The zero-order valence-corrected chi connectivity index (χ0v) is 14.9. The van der Waals surface area contributed by atoms with Crippen molar-refractivity contribution in [3.05, 3.63) is 0 Å². The lowest BCUT2D eigenvalue weighted by Crippen LogP contribution is -2.13. The van der Waals surface area contributed by atoms with Crippen molar-refractivity contribution >= 4 is 7.26 Å². The Morgan fingerprint density at radius 2 is 1.16 bits per heavy atom. The Bertz CT molecular complexity index is 192. The molecule has 0 aromatic carbocycles. The minimum absolute atomic E-state index is 0.0222. The van der Waals surface area contributed by atoms with Crippen LogP contribution in [0.5, 0.6) is 0 Å². The molecule has 0 aliphatic heterocycles. The molecule has 116 valence electrons. The van der Waals surface area contributed by atoms with E-state index in [1.165, 1.54) is 70.4 Å². The highest BCUT2D eigenvalue weighted by Gasteiger charge is 2.32. The first-order valence-corrected chi connectivity index (χ1v) is 11.5. The lowest BCUT2D eigenvalue weighted by Gasteiger charge is -2.22. The molecule has 1 unspecified atom stereocenters. The Labute approximate surface area is 122 Å². The molecule has 0 fully saturated rings. The molecule has 1 nitrogen and oxygen atoms in total. The monoisotopic (exact) mass is 289 g/mol. The summed E-state index contributed by atoms with van der Waals surface area (Å²) in [7, 11) is -1.05. The van der Waals surface area contributed by atoms with Gasteiger partial charge in [-0.15, -0.1) is 0 Å². The molecule has 0 radical (unpaired) electrons. The summed E-state index contributed by atoms with van der Waals surface area (Å²) in [6, 6.07) is 0. The quantitative estimate of drug-likeness (QED) is 0.330. The van der Waals surface area contributed by atoms with Crippen LogP contribution in [0.15, 0.2) is 0 Å². The predicted molar refractivity (Wildman–Crippen MR) is 91.8 cm³/mol. The number of hydrogen-bond donors (Lipinski definition) is 1. The maximum absolute atomic E-state index is 9.98. The van der Waals surface area contributed by atoms with Crippen molar-refractivity contribution in [3.63, 3.8) is 0 Å². The molecule has 1 atom stereocenters. The van der Waals surface area contributed by atoms with Crippen LogP contribution in [0.4, 0.5) is 0 Å². The smallest absolute Gasteiger partial charge is 0.163 e. The van der Waals surface area contributed by atoms with E-state index in [1.807, 2.05) is 0 Å². The fourth-order valence-corrected chi connectivity index (χ4v) is 4.98. The van der Waals surface area contributed by atoms with Crippen molar-refractivity contribution in [2.24, 2.45) is 0 Å². The minimum Gasteiger partial charge on any atom is -0.359 e. The summed E-state index contributed by atoms with van der Waals surface area (Å²) in [5, 5.41) is 9.98. The van der Waals surface area contributed by atoms with Crippen molar-refractivity contribution in [3.8, 4) is 0 Å². The van der Waals surface area contributed by atoms with Crippen LogP contribution < -0.4 is 0 Å². The van der Waals surface area contributed by atoms with E-state index in [0.29, 0.717) is 0 Å². The van der Waals surface area contributed by atoms with Gasteiger partial charge < -0.3 is 5.11 Å². The molecule has 2 heteroatoms. The van der Waals surface area contributed by atoms with Crippen molar-refractivity contribution in [1.82, 2.24) is 0 Å². The minimum atomic E-state index is -1.05. The number of rotatable bonds is 13. The third-order valence-corrected chi connectivity index (χ3v) is 7.71. The second kappa shape index (κ2) is 12.2. The third-order valence-electron chi connectivity index (χ3n) is 4.26. The van der Waals surface area contributed by atoms with Gasteiger partial charge in [-0.2, -0.15) is 0 Å². The van der Waals surface area contributed by atoms with E-state index < -0.39 is 7.26 Å². The lowest BCUT2D eigenvalue weighted by atomic mass is 10.1. The topological polar surface area (TPSA) is 20.2 Å². The van der Waals surface area contributed by atoms with E-state index in [4.69, 9.17) is 0 Å². The average molecular weight is 289 g/mol. The molecule has 19 heavy (non-hydrogen) atoms. The highest BCUT2D eigenvalue weighted by Crippen LogP contribution is 2.56. The summed E-state index contributed by atoms with van der Waals surface area (Å²) in [5.41, 5.74) is 0. The molecule has 1 N–H and O–H groups in total. The molecule has 0 amide bonds. The number of unbranched alkanes of at least 4 members (excludes halogenated alkanes) is 9. The van der Waals surface area contributed by atoms with Gasteiger partial charge in [-0.1, -0.05) is 65.2 Å². The second-order valence-electron chi connectivity index (χ2n) is 6.57. The van der Waals surface area contributed by atoms with E-state index in [0.717, 1.165) is 6.42 Å². The molecular weight excluding hydrogens is 251 g/mol. The van der Waals surface area contributed by atoms with Gasteiger partial charge >= 0.3 is 0 Å². The van der Waals surface area contributed by atoms with E-state index in [1.54, 1.807) is 0 Å². The molecule has 0 saturated heterocycles. The van der Waals surface area contributed by atoms with Gasteiger partial charge in [-0.25, -0.2) is 0 Å². The highest BCUT2D eigenvalue weighted by molar-refractivity contribution is 7.74. The van der Waals surface area contributed by atoms with Gasteiger partial charge in [-0.3, -0.25) is 0 Å². The van der Waals surface area contributed by atoms with Crippen LogP contribution in [0, 0.1) is 0 Å². The maximum Gasteiger partial charge on any atom is 0.163 e. The first-order chi connectivity index (χ1) is 9.04. The Morgan fingerprint density at radius 1 is 0.737 bits per heavy atom. The lowest BCUT2D eigenvalue weighted by molar-refractivity contribution is 0.250. The maximum atomic E-state index is 9.98. The zero-order valence-electron chi connectivity index (χ0n) is 14.0. The zero-order chi connectivity index (χ0) is 14.6. The molecule has 0 rings (SSSR count). The van der Waals surface area contributed by atoms with Crippen LogP contribution in [-0.2, 0) is 0 Å². The SMILES string of the molecule is CCCCCCCCCCCC[P+](C)(C)C(O)CC. The van der Waals surface area contributed by atoms with Gasteiger partial charge in [-0.05, 0) is 12.8 Å². The Morgan fingerprint density at radius 3 is 1.58 bits per heavy atom. The number of aliphatic hydroxyl groups is 1. The fraction of sp³-hybridized carbons (Fsp3) is 1.00. The van der Waals surface area contributed by atoms with Crippen molar-refractivity contribution in [2.75, 3.05) is 19.5 Å². The largest absolute Gasteiger partial charge is 0.359 e. The van der Waals surface area contributed by atoms with E-state index >= 15 is 0 Å². The molecular formula is C17H38OP+. The second-order valence-corrected chi connectivity index (χ2v) is 11.2. The molecule has 0 heterocycles. The summed E-state index contributed by atoms with van der Waals surface area (Å²) < 4.78 is 0. The van der Waals surface area contributed by atoms with Crippen LogP contribution in [0.1, 0.15) is 84.5 Å². The Kier molecular flexibility index (Phi) is 12.4. The fourth-order valence-electron chi connectivity index (χ4n) is 2.65. The number of aliphatic hydroxyl groups excluding tert-OH is 1. The third kappa shape index (κ3) is 10.8. The predicted octanol–water partition coefficient (Wildman–Crippen LogP) is 5.91. The van der Waals surface area contributed by atoms with Gasteiger partial charge in [0.25, 0.3) is 0 Å². The highest BCUT2D eigenvalue weighted by atomic mass is 31.2.